The average molecular weight is 452 g/mol. The molecule has 160 valence electrons. The summed E-state index contributed by atoms with van der Waals surface area (Å²) in [7, 11) is -2.22. The number of anilines is 1. The number of hydrogen-bond donors (Lipinski definition) is 2. The second-order valence-corrected chi connectivity index (χ2v) is 9.09. The second kappa shape index (κ2) is 9.46. The van der Waals surface area contributed by atoms with E-state index in [9.17, 15) is 18.0 Å². The Labute approximate surface area is 180 Å². The number of benzene rings is 2. The molecule has 1 saturated heterocycles. The lowest BCUT2D eigenvalue weighted by atomic mass is 10.2. The van der Waals surface area contributed by atoms with Crippen LogP contribution in [0.1, 0.15) is 12.8 Å². The van der Waals surface area contributed by atoms with Gasteiger partial charge in [-0.25, -0.2) is 8.42 Å². The second-order valence-electron chi connectivity index (χ2n) is 6.76. The third kappa shape index (κ3) is 5.10. The van der Waals surface area contributed by atoms with Gasteiger partial charge in [-0.2, -0.15) is 4.31 Å². The Morgan fingerprint density at radius 1 is 1.17 bits per heavy atom. The summed E-state index contributed by atoms with van der Waals surface area (Å²) >= 11 is 5.86. The van der Waals surface area contributed by atoms with Gasteiger partial charge in [-0.15, -0.1) is 0 Å². The third-order valence-corrected chi connectivity index (χ3v) is 6.98. The summed E-state index contributed by atoms with van der Waals surface area (Å²) in [6, 6.07) is 12.1. The molecule has 8 nitrogen and oxygen atoms in total. The maximum absolute atomic E-state index is 13.0. The Hall–Kier alpha value is -2.62. The van der Waals surface area contributed by atoms with E-state index in [1.807, 2.05) is 0 Å². The largest absolute Gasteiger partial charge is 0.497 e. The summed E-state index contributed by atoms with van der Waals surface area (Å²) in [5.74, 6) is -1.13. The summed E-state index contributed by atoms with van der Waals surface area (Å²) < 4.78 is 32.4. The van der Waals surface area contributed by atoms with Crippen molar-refractivity contribution in [3.63, 3.8) is 0 Å². The van der Waals surface area contributed by atoms with Crippen LogP contribution >= 0.6 is 11.6 Å². The van der Waals surface area contributed by atoms with E-state index in [0.29, 0.717) is 35.8 Å². The fraction of sp³-hybridized carbons (Fsp3) is 0.300. The van der Waals surface area contributed by atoms with Crippen molar-refractivity contribution in [3.8, 4) is 5.75 Å². The minimum atomic E-state index is -3.72. The minimum Gasteiger partial charge on any atom is -0.497 e. The molecule has 0 radical (unpaired) electrons. The number of amides is 2. The topological polar surface area (TPSA) is 105 Å². The smallest absolute Gasteiger partial charge is 0.313 e. The maximum Gasteiger partial charge on any atom is 0.313 e. The van der Waals surface area contributed by atoms with Crippen molar-refractivity contribution >= 4 is 39.1 Å². The molecule has 0 aliphatic carbocycles. The predicted molar refractivity (Wildman–Crippen MR) is 113 cm³/mol. The van der Waals surface area contributed by atoms with Crippen molar-refractivity contribution in [1.82, 2.24) is 9.62 Å². The SMILES string of the molecule is COc1ccc(S(=O)(=O)N2CCC[C@@H]2CNC(=O)C(=O)Nc2cccc(Cl)c2)cc1. The number of methoxy groups -OCH3 is 1. The highest BCUT2D eigenvalue weighted by Gasteiger charge is 2.35. The van der Waals surface area contributed by atoms with E-state index in [1.54, 1.807) is 30.3 Å². The first kappa shape index (κ1) is 22.1. The number of sulfonamides is 1. The number of carbonyl (C=O) groups excluding carboxylic acids is 2. The summed E-state index contributed by atoms with van der Waals surface area (Å²) in [5, 5.41) is 5.41. The molecule has 2 amide bonds. The number of halogens is 1. The molecule has 0 unspecified atom stereocenters. The van der Waals surface area contributed by atoms with Crippen LogP contribution in [0.15, 0.2) is 53.4 Å². The highest BCUT2D eigenvalue weighted by Crippen LogP contribution is 2.27. The van der Waals surface area contributed by atoms with Gasteiger partial charge in [0.1, 0.15) is 5.75 Å². The van der Waals surface area contributed by atoms with E-state index < -0.39 is 27.9 Å². The molecule has 1 aliphatic rings. The van der Waals surface area contributed by atoms with Crippen molar-refractivity contribution in [3.05, 3.63) is 53.6 Å². The Balaban J connectivity index is 1.61. The van der Waals surface area contributed by atoms with Gasteiger partial charge in [0.2, 0.25) is 10.0 Å². The van der Waals surface area contributed by atoms with Crippen molar-refractivity contribution in [1.29, 1.82) is 0 Å². The van der Waals surface area contributed by atoms with Gasteiger partial charge in [-0.1, -0.05) is 17.7 Å². The normalized spacial score (nSPS) is 16.8. The highest BCUT2D eigenvalue weighted by atomic mass is 35.5. The predicted octanol–water partition coefficient (Wildman–Crippen LogP) is 2.26. The molecule has 0 aromatic heterocycles. The van der Waals surface area contributed by atoms with Crippen LogP contribution in [-0.2, 0) is 19.6 Å². The molecule has 3 rings (SSSR count). The van der Waals surface area contributed by atoms with Crippen molar-refractivity contribution in [2.24, 2.45) is 0 Å². The van der Waals surface area contributed by atoms with Gasteiger partial charge in [0.25, 0.3) is 0 Å². The Morgan fingerprint density at radius 3 is 2.57 bits per heavy atom. The lowest BCUT2D eigenvalue weighted by molar-refractivity contribution is -0.136. The Kier molecular flexibility index (Phi) is 6.96. The molecule has 10 heteroatoms. The molecule has 1 aliphatic heterocycles. The zero-order chi connectivity index (χ0) is 21.7. The van der Waals surface area contributed by atoms with E-state index in [2.05, 4.69) is 10.6 Å². The fourth-order valence-corrected chi connectivity index (χ4v) is 5.14. The van der Waals surface area contributed by atoms with Gasteiger partial charge in [0, 0.05) is 29.8 Å². The van der Waals surface area contributed by atoms with Crippen LogP contribution in [0.3, 0.4) is 0 Å². The molecule has 30 heavy (non-hydrogen) atoms. The number of ether oxygens (including phenoxy) is 1. The Morgan fingerprint density at radius 2 is 1.90 bits per heavy atom. The maximum atomic E-state index is 13.0. The molecule has 0 spiro atoms. The van der Waals surface area contributed by atoms with Gasteiger partial charge in [-0.05, 0) is 55.3 Å². The molecule has 2 aromatic rings. The first-order valence-electron chi connectivity index (χ1n) is 9.32. The van der Waals surface area contributed by atoms with E-state index in [0.717, 1.165) is 0 Å². The van der Waals surface area contributed by atoms with E-state index in [-0.39, 0.29) is 11.4 Å². The molecule has 0 bridgehead atoms. The zero-order valence-corrected chi connectivity index (χ0v) is 17.9. The number of nitrogens with zero attached hydrogens (tertiary/aromatic N) is 1. The summed E-state index contributed by atoms with van der Waals surface area (Å²) in [4.78, 5) is 24.4. The molecule has 1 atom stereocenters. The average Bonchev–Trinajstić information content (AvgIpc) is 3.21. The monoisotopic (exact) mass is 451 g/mol. The number of hydrogen-bond acceptors (Lipinski definition) is 5. The molecular formula is C20H22ClN3O5S. The van der Waals surface area contributed by atoms with E-state index in [1.165, 1.54) is 29.6 Å². The molecular weight excluding hydrogens is 430 g/mol. The molecule has 0 saturated carbocycles. The summed E-state index contributed by atoms with van der Waals surface area (Å²) in [6.07, 6.45) is 1.26. The quantitative estimate of drug-likeness (QED) is 0.655. The zero-order valence-electron chi connectivity index (χ0n) is 16.3. The first-order valence-corrected chi connectivity index (χ1v) is 11.1. The fourth-order valence-electron chi connectivity index (χ4n) is 3.26. The van der Waals surface area contributed by atoms with Crippen LogP contribution in [0, 0.1) is 0 Å². The van der Waals surface area contributed by atoms with Crippen molar-refractivity contribution in [2.75, 3.05) is 25.5 Å². The van der Waals surface area contributed by atoms with Crippen molar-refractivity contribution < 1.29 is 22.7 Å². The van der Waals surface area contributed by atoms with Gasteiger partial charge >= 0.3 is 11.8 Å². The minimum absolute atomic E-state index is 0.0389. The van der Waals surface area contributed by atoms with Crippen LogP contribution in [0.5, 0.6) is 5.75 Å². The molecule has 1 fully saturated rings. The van der Waals surface area contributed by atoms with Gasteiger partial charge < -0.3 is 15.4 Å². The molecule has 1 heterocycles. The molecule has 2 aromatic carbocycles. The summed E-state index contributed by atoms with van der Waals surface area (Å²) in [5.41, 5.74) is 0.396. The van der Waals surface area contributed by atoms with E-state index in [4.69, 9.17) is 16.3 Å². The lowest BCUT2D eigenvalue weighted by Crippen LogP contribution is -2.45. The highest BCUT2D eigenvalue weighted by molar-refractivity contribution is 7.89. The van der Waals surface area contributed by atoms with Gasteiger partial charge in [0.15, 0.2) is 0 Å². The van der Waals surface area contributed by atoms with Crippen LogP contribution < -0.4 is 15.4 Å². The Bertz CT molecular complexity index is 1030. The van der Waals surface area contributed by atoms with Crippen LogP contribution in [-0.4, -0.2) is 50.8 Å². The standard InChI is InChI=1S/C20H22ClN3O5S/c1-29-17-7-9-18(10-8-17)30(27,28)24-11-3-6-16(24)13-22-19(25)20(26)23-15-5-2-4-14(21)12-15/h2,4-5,7-10,12,16H,3,6,11,13H2,1H3,(H,22,25)(H,23,26)/t16-/m1/s1. The number of nitrogens with one attached hydrogen (secondary N) is 2. The van der Waals surface area contributed by atoms with Gasteiger partial charge in [0.05, 0.1) is 12.0 Å². The third-order valence-electron chi connectivity index (χ3n) is 4.78. The number of rotatable bonds is 6. The van der Waals surface area contributed by atoms with Crippen LogP contribution in [0.4, 0.5) is 5.69 Å². The lowest BCUT2D eigenvalue weighted by Gasteiger charge is -2.24. The van der Waals surface area contributed by atoms with E-state index >= 15 is 0 Å². The van der Waals surface area contributed by atoms with Crippen LogP contribution in [0.25, 0.3) is 0 Å². The number of carbonyl (C=O) groups is 2. The van der Waals surface area contributed by atoms with Crippen LogP contribution in [0.2, 0.25) is 5.02 Å². The first-order chi connectivity index (χ1) is 14.3. The van der Waals surface area contributed by atoms with Gasteiger partial charge in [-0.3, -0.25) is 9.59 Å². The summed E-state index contributed by atoms with van der Waals surface area (Å²) in [6.45, 7) is 0.390. The molecule has 2 N–H and O–H groups in total. The van der Waals surface area contributed by atoms with Crippen molar-refractivity contribution in [2.45, 2.75) is 23.8 Å².